The number of amides is 2. The van der Waals surface area contributed by atoms with E-state index in [0.717, 1.165) is 12.1 Å². The van der Waals surface area contributed by atoms with E-state index in [9.17, 15) is 22.8 Å². The van der Waals surface area contributed by atoms with Crippen LogP contribution in [0.25, 0.3) is 0 Å². The predicted molar refractivity (Wildman–Crippen MR) is 65.8 cm³/mol. The Morgan fingerprint density at radius 3 is 2.60 bits per heavy atom. The highest BCUT2D eigenvalue weighted by Gasteiger charge is 2.35. The van der Waals surface area contributed by atoms with E-state index < -0.39 is 35.3 Å². The lowest BCUT2D eigenvalue weighted by molar-refractivity contribution is -0.137. The molecule has 0 aliphatic carbocycles. The molecular weight excluding hydrogens is 275 g/mol. The summed E-state index contributed by atoms with van der Waals surface area (Å²) in [5.41, 5.74) is 4.05. The zero-order valence-electron chi connectivity index (χ0n) is 10.5. The summed E-state index contributed by atoms with van der Waals surface area (Å²) in [6.07, 6.45) is -4.59. The number of hydrogen-bond acceptors (Lipinski definition) is 4. The van der Waals surface area contributed by atoms with Gasteiger partial charge in [0.25, 0.3) is 0 Å². The Bertz CT molecular complexity index is 572. The molecule has 0 spiro atoms. The third-order valence-corrected chi connectivity index (χ3v) is 3.10. The Morgan fingerprint density at radius 2 is 2.00 bits per heavy atom. The summed E-state index contributed by atoms with van der Waals surface area (Å²) in [6, 6.07) is 2.57. The Morgan fingerprint density at radius 1 is 1.35 bits per heavy atom. The number of rotatable bonds is 1. The van der Waals surface area contributed by atoms with E-state index in [4.69, 9.17) is 5.73 Å². The zero-order valence-corrected chi connectivity index (χ0v) is 10.5. The van der Waals surface area contributed by atoms with Gasteiger partial charge in [0.05, 0.1) is 12.1 Å². The van der Waals surface area contributed by atoms with Crippen LogP contribution < -0.4 is 16.0 Å². The fourth-order valence-corrected chi connectivity index (χ4v) is 2.00. The van der Waals surface area contributed by atoms with Crippen molar-refractivity contribution in [2.75, 3.05) is 17.2 Å². The van der Waals surface area contributed by atoms with Crippen LogP contribution in [-0.4, -0.2) is 24.4 Å². The zero-order chi connectivity index (χ0) is 15.1. The summed E-state index contributed by atoms with van der Waals surface area (Å²) in [5, 5.41) is 2.12. The van der Waals surface area contributed by atoms with Crippen molar-refractivity contribution < 1.29 is 22.8 Å². The summed E-state index contributed by atoms with van der Waals surface area (Å²) < 4.78 is 38.4. The highest BCUT2D eigenvalue weighted by atomic mass is 19.4. The number of carbonyl (C=O) groups excluding carboxylic acids is 2. The van der Waals surface area contributed by atoms with Crippen molar-refractivity contribution in [2.24, 2.45) is 0 Å². The van der Waals surface area contributed by atoms with Crippen LogP contribution in [0.2, 0.25) is 0 Å². The lowest BCUT2D eigenvalue weighted by Gasteiger charge is -2.34. The minimum Gasteiger partial charge on any atom is -0.398 e. The first-order chi connectivity index (χ1) is 9.20. The van der Waals surface area contributed by atoms with Crippen LogP contribution in [-0.2, 0) is 15.8 Å². The lowest BCUT2D eigenvalue weighted by Crippen LogP contribution is -2.57. The molecule has 2 rings (SSSR count). The van der Waals surface area contributed by atoms with Gasteiger partial charge in [-0.05, 0) is 25.1 Å². The van der Waals surface area contributed by atoms with E-state index in [1.807, 2.05) is 0 Å². The maximum Gasteiger partial charge on any atom is 0.418 e. The fraction of sp³-hybridized carbons (Fsp3) is 0.333. The first-order valence-electron chi connectivity index (χ1n) is 5.77. The average Bonchev–Trinajstić information content (AvgIpc) is 2.33. The Balaban J connectivity index is 2.42. The summed E-state index contributed by atoms with van der Waals surface area (Å²) in [6.45, 7) is 1.32. The first-order valence-corrected chi connectivity index (χ1v) is 5.77. The van der Waals surface area contributed by atoms with Crippen LogP contribution in [0.15, 0.2) is 18.2 Å². The van der Waals surface area contributed by atoms with Crippen molar-refractivity contribution in [3.05, 3.63) is 23.8 Å². The van der Waals surface area contributed by atoms with Crippen molar-refractivity contribution in [2.45, 2.75) is 19.1 Å². The Hall–Kier alpha value is -2.25. The maximum absolute atomic E-state index is 12.8. The summed E-state index contributed by atoms with van der Waals surface area (Å²) in [5.74, 6) is -1.11. The van der Waals surface area contributed by atoms with Gasteiger partial charge in [-0.25, -0.2) is 0 Å². The molecular formula is C12H12F3N3O2. The van der Waals surface area contributed by atoms with Crippen LogP contribution in [0.1, 0.15) is 12.5 Å². The van der Waals surface area contributed by atoms with Crippen molar-refractivity contribution in [1.82, 2.24) is 5.32 Å². The number of hydrogen-bond donors (Lipinski definition) is 2. The molecule has 1 aliphatic rings. The van der Waals surface area contributed by atoms with Crippen molar-refractivity contribution in [1.29, 1.82) is 0 Å². The minimum atomic E-state index is -4.59. The number of halogens is 3. The molecule has 1 heterocycles. The molecule has 1 fully saturated rings. The van der Waals surface area contributed by atoms with Gasteiger partial charge >= 0.3 is 6.18 Å². The molecule has 1 aromatic rings. The molecule has 0 saturated carbocycles. The number of imide groups is 1. The van der Waals surface area contributed by atoms with Gasteiger partial charge in [0.15, 0.2) is 0 Å². The summed E-state index contributed by atoms with van der Waals surface area (Å²) in [4.78, 5) is 24.1. The van der Waals surface area contributed by atoms with Crippen molar-refractivity contribution in [3.63, 3.8) is 0 Å². The average molecular weight is 287 g/mol. The minimum absolute atomic E-state index is 0.127. The van der Waals surface area contributed by atoms with E-state index >= 15 is 0 Å². The molecule has 8 heteroatoms. The third kappa shape index (κ3) is 2.54. The molecule has 1 atom stereocenters. The number of alkyl halides is 3. The van der Waals surface area contributed by atoms with Gasteiger partial charge in [-0.15, -0.1) is 0 Å². The van der Waals surface area contributed by atoms with Gasteiger partial charge in [-0.1, -0.05) is 0 Å². The SMILES string of the molecule is CC1C(=O)NC(=O)CN1c1ccc(N)c(C(F)(F)F)c1. The van der Waals surface area contributed by atoms with Crippen LogP contribution in [0.5, 0.6) is 0 Å². The number of piperazine rings is 1. The molecule has 0 bridgehead atoms. The molecule has 0 aromatic heterocycles. The van der Waals surface area contributed by atoms with E-state index in [1.54, 1.807) is 0 Å². The lowest BCUT2D eigenvalue weighted by atomic mass is 10.1. The molecule has 1 aliphatic heterocycles. The number of nitrogens with one attached hydrogen (secondary N) is 1. The quantitative estimate of drug-likeness (QED) is 0.600. The van der Waals surface area contributed by atoms with Gasteiger partial charge < -0.3 is 10.6 Å². The van der Waals surface area contributed by atoms with Crippen molar-refractivity contribution >= 4 is 23.2 Å². The van der Waals surface area contributed by atoms with Gasteiger partial charge in [0.2, 0.25) is 11.8 Å². The normalized spacial score (nSPS) is 20.0. The Labute approximate surface area is 112 Å². The van der Waals surface area contributed by atoms with Crippen molar-refractivity contribution in [3.8, 4) is 0 Å². The second kappa shape index (κ2) is 4.69. The maximum atomic E-state index is 12.8. The molecule has 1 unspecified atom stereocenters. The number of benzene rings is 1. The molecule has 0 radical (unpaired) electrons. The van der Waals surface area contributed by atoms with E-state index in [-0.39, 0.29) is 12.2 Å². The fourth-order valence-electron chi connectivity index (χ4n) is 2.00. The molecule has 108 valence electrons. The molecule has 20 heavy (non-hydrogen) atoms. The summed E-state index contributed by atoms with van der Waals surface area (Å²) in [7, 11) is 0. The predicted octanol–water partition coefficient (Wildman–Crippen LogP) is 1.14. The van der Waals surface area contributed by atoms with Gasteiger partial charge in [-0.2, -0.15) is 13.2 Å². The Kier molecular flexibility index (Phi) is 3.33. The number of nitrogen functional groups attached to an aromatic ring is 1. The molecule has 3 N–H and O–H groups in total. The first kappa shape index (κ1) is 14.2. The highest BCUT2D eigenvalue weighted by Crippen LogP contribution is 2.36. The van der Waals surface area contributed by atoms with Gasteiger partial charge in [-0.3, -0.25) is 14.9 Å². The van der Waals surface area contributed by atoms with Crippen LogP contribution >= 0.6 is 0 Å². The van der Waals surface area contributed by atoms with Gasteiger partial charge in [0.1, 0.15) is 6.04 Å². The van der Waals surface area contributed by atoms with Gasteiger partial charge in [0, 0.05) is 11.4 Å². The molecule has 1 aromatic carbocycles. The molecule has 1 saturated heterocycles. The number of nitrogens with zero attached hydrogens (tertiary/aromatic N) is 1. The second-order valence-electron chi connectivity index (χ2n) is 4.49. The van der Waals surface area contributed by atoms with E-state index in [2.05, 4.69) is 5.32 Å². The number of carbonyl (C=O) groups is 2. The monoisotopic (exact) mass is 287 g/mol. The second-order valence-corrected chi connectivity index (χ2v) is 4.49. The van der Waals surface area contributed by atoms with Crippen LogP contribution in [0.3, 0.4) is 0 Å². The standard InChI is InChI=1S/C12H12F3N3O2/c1-6-11(20)17-10(19)5-18(6)7-2-3-9(16)8(4-7)12(13,14)15/h2-4,6H,5,16H2,1H3,(H,17,19,20). The number of nitrogens with two attached hydrogens (primary N) is 1. The highest BCUT2D eigenvalue weighted by molar-refractivity contribution is 6.04. The smallest absolute Gasteiger partial charge is 0.398 e. The largest absolute Gasteiger partial charge is 0.418 e. The topological polar surface area (TPSA) is 75.4 Å². The molecule has 5 nitrogen and oxygen atoms in total. The van der Waals surface area contributed by atoms with E-state index in [0.29, 0.717) is 0 Å². The van der Waals surface area contributed by atoms with Crippen LogP contribution in [0.4, 0.5) is 24.5 Å². The van der Waals surface area contributed by atoms with E-state index in [1.165, 1.54) is 17.9 Å². The third-order valence-electron chi connectivity index (χ3n) is 3.10. The summed E-state index contributed by atoms with van der Waals surface area (Å²) >= 11 is 0. The molecule has 2 amide bonds. The van der Waals surface area contributed by atoms with Crippen LogP contribution in [0, 0.1) is 0 Å². The number of anilines is 2.